The van der Waals surface area contributed by atoms with Crippen molar-refractivity contribution >= 4 is 16.3 Å². The van der Waals surface area contributed by atoms with E-state index in [0.717, 1.165) is 26.9 Å². The number of fused-ring (bicyclic) bond motifs is 1. The van der Waals surface area contributed by atoms with E-state index in [1.165, 1.54) is 16.7 Å². The summed E-state index contributed by atoms with van der Waals surface area (Å²) in [7, 11) is 0. The fourth-order valence-electron chi connectivity index (χ4n) is 3.13. The number of aromatic nitrogens is 4. The standard InChI is InChI=1S/C21H22N4S/c1-13-10-14(2)12-16(11-13)18-22-23-20-25(18)24-19(26-20)15-6-8-17(9-7-15)21(3,4)5/h6-12H,1-5H3. The molecule has 2 heterocycles. The summed E-state index contributed by atoms with van der Waals surface area (Å²) in [5.41, 5.74) is 6.06. The van der Waals surface area contributed by atoms with Crippen LogP contribution in [0.3, 0.4) is 0 Å². The van der Waals surface area contributed by atoms with Gasteiger partial charge in [0, 0.05) is 11.1 Å². The lowest BCUT2D eigenvalue weighted by Crippen LogP contribution is -2.10. The van der Waals surface area contributed by atoms with Crippen molar-refractivity contribution in [1.29, 1.82) is 0 Å². The lowest BCUT2D eigenvalue weighted by molar-refractivity contribution is 0.590. The van der Waals surface area contributed by atoms with Crippen LogP contribution in [0.1, 0.15) is 37.5 Å². The maximum absolute atomic E-state index is 4.78. The van der Waals surface area contributed by atoms with Crippen molar-refractivity contribution in [2.75, 3.05) is 0 Å². The van der Waals surface area contributed by atoms with Gasteiger partial charge in [0.2, 0.25) is 4.96 Å². The van der Waals surface area contributed by atoms with Gasteiger partial charge in [0.05, 0.1) is 0 Å². The third-order valence-corrected chi connectivity index (χ3v) is 5.42. The number of hydrogen-bond donors (Lipinski definition) is 0. The topological polar surface area (TPSA) is 43.1 Å². The summed E-state index contributed by atoms with van der Waals surface area (Å²) in [6.07, 6.45) is 0. The SMILES string of the molecule is Cc1cc(C)cc(-c2nnc3sc(-c4ccc(C(C)(C)C)cc4)nn23)c1. The quantitative estimate of drug-likeness (QED) is 0.477. The third kappa shape index (κ3) is 3.03. The van der Waals surface area contributed by atoms with Crippen molar-refractivity contribution in [3.63, 3.8) is 0 Å². The fraction of sp³-hybridized carbons (Fsp3) is 0.286. The van der Waals surface area contributed by atoms with Gasteiger partial charge in [-0.15, -0.1) is 10.2 Å². The first-order valence-electron chi connectivity index (χ1n) is 8.73. The first-order valence-corrected chi connectivity index (χ1v) is 9.55. The Morgan fingerprint density at radius 3 is 2.12 bits per heavy atom. The number of aryl methyl sites for hydroxylation is 2. The van der Waals surface area contributed by atoms with Crippen molar-refractivity contribution in [3.05, 3.63) is 59.2 Å². The summed E-state index contributed by atoms with van der Waals surface area (Å²) in [6, 6.07) is 15.1. The molecule has 0 radical (unpaired) electrons. The van der Waals surface area contributed by atoms with Crippen LogP contribution in [-0.4, -0.2) is 19.8 Å². The van der Waals surface area contributed by atoms with Crippen molar-refractivity contribution < 1.29 is 0 Å². The lowest BCUT2D eigenvalue weighted by Gasteiger charge is -2.18. The van der Waals surface area contributed by atoms with Crippen LogP contribution in [0.5, 0.6) is 0 Å². The number of rotatable bonds is 2. The summed E-state index contributed by atoms with van der Waals surface area (Å²) in [5.74, 6) is 0.792. The molecule has 0 aliphatic rings. The number of nitrogens with zero attached hydrogens (tertiary/aromatic N) is 4. The van der Waals surface area contributed by atoms with Crippen LogP contribution in [-0.2, 0) is 5.41 Å². The summed E-state index contributed by atoms with van der Waals surface area (Å²) in [6.45, 7) is 10.9. The Morgan fingerprint density at radius 1 is 0.846 bits per heavy atom. The molecule has 0 aliphatic carbocycles. The molecule has 26 heavy (non-hydrogen) atoms. The predicted molar refractivity (Wildman–Crippen MR) is 108 cm³/mol. The molecule has 0 atom stereocenters. The molecule has 132 valence electrons. The maximum Gasteiger partial charge on any atom is 0.235 e. The van der Waals surface area contributed by atoms with E-state index in [1.54, 1.807) is 11.3 Å². The van der Waals surface area contributed by atoms with Crippen LogP contribution in [0, 0.1) is 13.8 Å². The summed E-state index contributed by atoms with van der Waals surface area (Å²) < 4.78 is 1.85. The second-order valence-electron chi connectivity index (χ2n) is 7.83. The van der Waals surface area contributed by atoms with Gasteiger partial charge in [-0.1, -0.05) is 73.6 Å². The second kappa shape index (κ2) is 6.02. The molecule has 0 spiro atoms. The van der Waals surface area contributed by atoms with Crippen molar-refractivity contribution in [2.45, 2.75) is 40.0 Å². The minimum atomic E-state index is 0.149. The zero-order chi connectivity index (χ0) is 18.5. The highest BCUT2D eigenvalue weighted by Gasteiger charge is 2.17. The lowest BCUT2D eigenvalue weighted by atomic mass is 9.87. The van der Waals surface area contributed by atoms with Gasteiger partial charge in [-0.3, -0.25) is 0 Å². The summed E-state index contributed by atoms with van der Waals surface area (Å²) >= 11 is 1.57. The Kier molecular flexibility index (Phi) is 3.92. The smallest absolute Gasteiger partial charge is 0.182 e. The van der Waals surface area contributed by atoms with Gasteiger partial charge in [-0.2, -0.15) is 9.61 Å². The van der Waals surface area contributed by atoms with Crippen LogP contribution in [0.2, 0.25) is 0 Å². The predicted octanol–water partition coefficient (Wildman–Crippen LogP) is 5.43. The van der Waals surface area contributed by atoms with Gasteiger partial charge in [0.25, 0.3) is 0 Å². The van der Waals surface area contributed by atoms with Crippen molar-refractivity contribution in [2.24, 2.45) is 0 Å². The highest BCUT2D eigenvalue weighted by molar-refractivity contribution is 7.19. The molecule has 2 aromatic heterocycles. The second-order valence-corrected chi connectivity index (χ2v) is 8.78. The summed E-state index contributed by atoms with van der Waals surface area (Å²) in [5, 5.41) is 14.4. The normalized spacial score (nSPS) is 12.0. The van der Waals surface area contributed by atoms with Crippen LogP contribution in [0.4, 0.5) is 0 Å². The molecular formula is C21H22N4S. The van der Waals surface area contributed by atoms with E-state index >= 15 is 0 Å². The number of hydrogen-bond acceptors (Lipinski definition) is 4. The average Bonchev–Trinajstić information content (AvgIpc) is 3.13. The van der Waals surface area contributed by atoms with E-state index in [4.69, 9.17) is 5.10 Å². The molecule has 0 fully saturated rings. The molecule has 0 amide bonds. The molecule has 5 heteroatoms. The summed E-state index contributed by atoms with van der Waals surface area (Å²) in [4.78, 5) is 0.814. The van der Waals surface area contributed by atoms with Crippen LogP contribution < -0.4 is 0 Å². The average molecular weight is 363 g/mol. The van der Waals surface area contributed by atoms with Crippen LogP contribution in [0.15, 0.2) is 42.5 Å². The first kappa shape index (κ1) is 16.9. The van der Waals surface area contributed by atoms with E-state index in [9.17, 15) is 0 Å². The molecule has 0 N–H and O–H groups in total. The van der Waals surface area contributed by atoms with Crippen LogP contribution >= 0.6 is 11.3 Å². The Hall–Kier alpha value is -2.53. The molecule has 2 aromatic carbocycles. The van der Waals surface area contributed by atoms with Gasteiger partial charge in [0.1, 0.15) is 5.01 Å². The molecule has 4 aromatic rings. The molecule has 0 saturated heterocycles. The Labute approximate surface area is 157 Å². The van der Waals surface area contributed by atoms with Crippen molar-refractivity contribution in [3.8, 4) is 22.0 Å². The van der Waals surface area contributed by atoms with E-state index in [2.05, 4.69) is 87.3 Å². The third-order valence-electron chi connectivity index (χ3n) is 4.47. The van der Waals surface area contributed by atoms with E-state index < -0.39 is 0 Å². The maximum atomic E-state index is 4.78. The molecule has 0 aliphatic heterocycles. The highest BCUT2D eigenvalue weighted by Crippen LogP contribution is 2.30. The van der Waals surface area contributed by atoms with Gasteiger partial charge in [0.15, 0.2) is 5.82 Å². The van der Waals surface area contributed by atoms with Gasteiger partial charge in [-0.05, 0) is 37.0 Å². The van der Waals surface area contributed by atoms with Gasteiger partial charge < -0.3 is 0 Å². The van der Waals surface area contributed by atoms with Gasteiger partial charge in [-0.25, -0.2) is 0 Å². The molecular weight excluding hydrogens is 340 g/mol. The molecule has 4 rings (SSSR count). The van der Waals surface area contributed by atoms with Crippen LogP contribution in [0.25, 0.3) is 26.9 Å². The molecule has 0 saturated carbocycles. The molecule has 0 bridgehead atoms. The fourth-order valence-corrected chi connectivity index (χ4v) is 3.97. The van der Waals surface area contributed by atoms with E-state index in [-0.39, 0.29) is 5.41 Å². The molecule has 0 unspecified atom stereocenters. The van der Waals surface area contributed by atoms with Gasteiger partial charge >= 0.3 is 0 Å². The Bertz CT molecular complexity index is 1060. The Balaban J connectivity index is 1.76. The van der Waals surface area contributed by atoms with E-state index in [1.807, 2.05) is 4.52 Å². The first-order chi connectivity index (χ1) is 12.3. The minimum absolute atomic E-state index is 0.149. The highest BCUT2D eigenvalue weighted by atomic mass is 32.1. The zero-order valence-electron chi connectivity index (χ0n) is 15.7. The van der Waals surface area contributed by atoms with E-state index in [0.29, 0.717) is 0 Å². The Morgan fingerprint density at radius 2 is 1.50 bits per heavy atom. The monoisotopic (exact) mass is 362 g/mol. The minimum Gasteiger partial charge on any atom is -0.182 e. The number of benzene rings is 2. The largest absolute Gasteiger partial charge is 0.235 e. The zero-order valence-corrected chi connectivity index (χ0v) is 16.6. The van der Waals surface area contributed by atoms with Crippen molar-refractivity contribution in [1.82, 2.24) is 19.8 Å². The molecule has 4 nitrogen and oxygen atoms in total.